The van der Waals surface area contributed by atoms with Gasteiger partial charge < -0.3 is 14.6 Å². The SMILES string of the molecule is COCCn1cnnc1SCC(=O)Nc1c(C#N)c(C)c(C)n1-c1ccc(F)cc1. The van der Waals surface area contributed by atoms with Crippen molar-refractivity contribution < 1.29 is 13.9 Å². The molecule has 0 unspecified atom stereocenters. The summed E-state index contributed by atoms with van der Waals surface area (Å²) in [6.45, 7) is 4.75. The third kappa shape index (κ3) is 4.53. The van der Waals surface area contributed by atoms with E-state index in [2.05, 4.69) is 21.6 Å². The Morgan fingerprint density at radius 3 is 2.73 bits per heavy atom. The largest absolute Gasteiger partial charge is 0.383 e. The van der Waals surface area contributed by atoms with Gasteiger partial charge >= 0.3 is 0 Å². The van der Waals surface area contributed by atoms with Crippen LogP contribution in [0.2, 0.25) is 0 Å². The third-order valence-corrected chi connectivity index (χ3v) is 5.60. The van der Waals surface area contributed by atoms with Gasteiger partial charge in [0.2, 0.25) is 5.91 Å². The molecule has 0 fully saturated rings. The minimum atomic E-state index is -0.361. The lowest BCUT2D eigenvalue weighted by Crippen LogP contribution is -2.18. The number of methoxy groups -OCH3 is 1. The van der Waals surface area contributed by atoms with Crippen LogP contribution >= 0.6 is 11.8 Å². The van der Waals surface area contributed by atoms with Gasteiger partial charge in [-0.2, -0.15) is 5.26 Å². The van der Waals surface area contributed by atoms with Gasteiger partial charge in [-0.3, -0.25) is 9.36 Å². The van der Waals surface area contributed by atoms with Crippen molar-refractivity contribution in [2.24, 2.45) is 0 Å². The molecule has 3 aromatic rings. The van der Waals surface area contributed by atoms with E-state index in [0.717, 1.165) is 11.3 Å². The number of hydrogen-bond acceptors (Lipinski definition) is 6. The zero-order chi connectivity index (χ0) is 21.7. The zero-order valence-corrected chi connectivity index (χ0v) is 17.7. The number of benzene rings is 1. The number of thioether (sulfide) groups is 1. The number of ether oxygens (including phenoxy) is 1. The Labute approximate surface area is 177 Å². The summed E-state index contributed by atoms with van der Waals surface area (Å²) >= 11 is 1.24. The van der Waals surface area contributed by atoms with Crippen LogP contribution in [0.5, 0.6) is 0 Å². The number of halogens is 1. The van der Waals surface area contributed by atoms with E-state index in [1.165, 1.54) is 23.9 Å². The molecule has 3 rings (SSSR count). The molecule has 156 valence electrons. The Morgan fingerprint density at radius 2 is 2.07 bits per heavy atom. The maximum Gasteiger partial charge on any atom is 0.236 e. The highest BCUT2D eigenvalue weighted by molar-refractivity contribution is 7.99. The number of anilines is 1. The predicted octanol–water partition coefficient (Wildman–Crippen LogP) is 3.07. The first kappa shape index (κ1) is 21.5. The van der Waals surface area contributed by atoms with Crippen molar-refractivity contribution in [2.75, 3.05) is 24.8 Å². The molecule has 0 spiro atoms. The van der Waals surface area contributed by atoms with Crippen molar-refractivity contribution in [2.45, 2.75) is 25.5 Å². The van der Waals surface area contributed by atoms with Crippen LogP contribution in [0, 0.1) is 31.0 Å². The zero-order valence-electron chi connectivity index (χ0n) is 16.8. The number of nitrogens with one attached hydrogen (secondary N) is 1. The number of hydrogen-bond donors (Lipinski definition) is 1. The highest BCUT2D eigenvalue weighted by atomic mass is 32.2. The van der Waals surface area contributed by atoms with E-state index in [0.29, 0.717) is 35.4 Å². The van der Waals surface area contributed by atoms with Crippen molar-refractivity contribution in [3.63, 3.8) is 0 Å². The second-order valence-corrected chi connectivity index (χ2v) is 7.44. The van der Waals surface area contributed by atoms with E-state index >= 15 is 0 Å². The second kappa shape index (κ2) is 9.56. The van der Waals surface area contributed by atoms with E-state index in [1.54, 1.807) is 34.7 Å². The van der Waals surface area contributed by atoms with Crippen LogP contribution in [-0.2, 0) is 16.1 Å². The number of carbonyl (C=O) groups is 1. The molecule has 2 heterocycles. The van der Waals surface area contributed by atoms with Crippen molar-refractivity contribution >= 4 is 23.5 Å². The fourth-order valence-electron chi connectivity index (χ4n) is 2.97. The van der Waals surface area contributed by atoms with Gasteiger partial charge in [-0.25, -0.2) is 4.39 Å². The minimum absolute atomic E-state index is 0.0865. The third-order valence-electron chi connectivity index (χ3n) is 4.62. The summed E-state index contributed by atoms with van der Waals surface area (Å²) in [5, 5.41) is 21.0. The van der Waals surface area contributed by atoms with Crippen LogP contribution in [0.3, 0.4) is 0 Å². The van der Waals surface area contributed by atoms with Gasteiger partial charge in [0.1, 0.15) is 24.0 Å². The van der Waals surface area contributed by atoms with Gasteiger partial charge in [0, 0.05) is 25.0 Å². The number of amides is 1. The molecule has 1 N–H and O–H groups in total. The molecular weight excluding hydrogens is 407 g/mol. The average molecular weight is 428 g/mol. The van der Waals surface area contributed by atoms with E-state index in [4.69, 9.17) is 4.74 Å². The topological polar surface area (TPSA) is 97.8 Å². The molecule has 0 bridgehead atoms. The Kier molecular flexibility index (Phi) is 6.87. The van der Waals surface area contributed by atoms with Gasteiger partial charge in [0.15, 0.2) is 5.16 Å². The number of rotatable bonds is 8. The lowest BCUT2D eigenvalue weighted by molar-refractivity contribution is -0.113. The van der Waals surface area contributed by atoms with Crippen molar-refractivity contribution in [1.82, 2.24) is 19.3 Å². The first-order valence-corrected chi connectivity index (χ1v) is 10.1. The lowest BCUT2D eigenvalue weighted by Gasteiger charge is -2.13. The van der Waals surface area contributed by atoms with E-state index in [1.807, 2.05) is 13.8 Å². The number of carbonyl (C=O) groups excluding carboxylic acids is 1. The van der Waals surface area contributed by atoms with E-state index in [9.17, 15) is 14.4 Å². The summed E-state index contributed by atoms with van der Waals surface area (Å²) in [5.41, 5.74) is 2.57. The smallest absolute Gasteiger partial charge is 0.236 e. The maximum atomic E-state index is 13.4. The summed E-state index contributed by atoms with van der Waals surface area (Å²) in [5.74, 6) is -0.201. The van der Waals surface area contributed by atoms with Gasteiger partial charge in [-0.05, 0) is 43.7 Å². The molecule has 0 saturated carbocycles. The Morgan fingerprint density at radius 1 is 1.33 bits per heavy atom. The highest BCUT2D eigenvalue weighted by Crippen LogP contribution is 2.30. The number of aromatic nitrogens is 4. The molecule has 1 aromatic carbocycles. The summed E-state index contributed by atoms with van der Waals surface area (Å²) in [6.07, 6.45) is 1.58. The molecule has 2 aromatic heterocycles. The van der Waals surface area contributed by atoms with Crippen molar-refractivity contribution in [3.8, 4) is 11.8 Å². The van der Waals surface area contributed by atoms with E-state index < -0.39 is 0 Å². The fourth-order valence-corrected chi connectivity index (χ4v) is 3.71. The fraction of sp³-hybridized carbons (Fsp3) is 0.300. The number of nitrogens with zero attached hydrogens (tertiary/aromatic N) is 5. The van der Waals surface area contributed by atoms with Crippen LogP contribution in [0.4, 0.5) is 10.2 Å². The molecule has 10 heteroatoms. The molecule has 0 atom stereocenters. The molecule has 1 amide bonds. The molecule has 0 saturated heterocycles. The molecule has 30 heavy (non-hydrogen) atoms. The van der Waals surface area contributed by atoms with E-state index in [-0.39, 0.29) is 17.5 Å². The Balaban J connectivity index is 1.81. The summed E-state index contributed by atoms with van der Waals surface area (Å²) in [6, 6.07) is 8.04. The first-order valence-electron chi connectivity index (χ1n) is 9.13. The molecule has 0 aliphatic carbocycles. The Hall–Kier alpha value is -3.16. The van der Waals surface area contributed by atoms with Gasteiger partial charge in [-0.15, -0.1) is 10.2 Å². The molecule has 0 radical (unpaired) electrons. The monoisotopic (exact) mass is 428 g/mol. The standard InChI is InChI=1S/C20H21FN6O2S/c1-13-14(2)27(16-6-4-15(21)5-7-16)19(17(13)10-22)24-18(28)11-30-20-25-23-12-26(20)8-9-29-3/h4-7,12H,8-9,11H2,1-3H3,(H,24,28). The van der Waals surface area contributed by atoms with Crippen LogP contribution < -0.4 is 5.32 Å². The maximum absolute atomic E-state index is 13.4. The van der Waals surface area contributed by atoms with Crippen LogP contribution in [-0.4, -0.2) is 44.7 Å². The van der Waals surface area contributed by atoms with Crippen LogP contribution in [0.15, 0.2) is 35.7 Å². The normalized spacial score (nSPS) is 10.8. The van der Waals surface area contributed by atoms with Gasteiger partial charge in [0.05, 0.1) is 17.9 Å². The highest BCUT2D eigenvalue weighted by Gasteiger charge is 2.21. The molecule has 0 aliphatic rings. The van der Waals surface area contributed by atoms with Gasteiger partial charge in [-0.1, -0.05) is 11.8 Å². The summed E-state index contributed by atoms with van der Waals surface area (Å²) in [4.78, 5) is 12.7. The number of nitriles is 1. The lowest BCUT2D eigenvalue weighted by atomic mass is 10.2. The van der Waals surface area contributed by atoms with Crippen LogP contribution in [0.1, 0.15) is 16.8 Å². The predicted molar refractivity (Wildman–Crippen MR) is 111 cm³/mol. The van der Waals surface area contributed by atoms with Crippen LogP contribution in [0.25, 0.3) is 5.69 Å². The average Bonchev–Trinajstić information content (AvgIpc) is 3.28. The minimum Gasteiger partial charge on any atom is -0.383 e. The molecule has 0 aliphatic heterocycles. The van der Waals surface area contributed by atoms with Crippen molar-refractivity contribution in [1.29, 1.82) is 5.26 Å². The van der Waals surface area contributed by atoms with Crippen molar-refractivity contribution in [3.05, 3.63) is 53.2 Å². The summed E-state index contributed by atoms with van der Waals surface area (Å²) in [7, 11) is 1.61. The quantitative estimate of drug-likeness (QED) is 0.554. The molecular formula is C20H21FN6O2S. The van der Waals surface area contributed by atoms with Gasteiger partial charge in [0.25, 0.3) is 0 Å². The Bertz CT molecular complexity index is 1080. The summed E-state index contributed by atoms with van der Waals surface area (Å²) < 4.78 is 22.0. The first-order chi connectivity index (χ1) is 14.5. The molecule has 8 nitrogen and oxygen atoms in total. The second-order valence-electron chi connectivity index (χ2n) is 6.49.